The van der Waals surface area contributed by atoms with Crippen molar-refractivity contribution in [3.8, 4) is 5.75 Å². The highest BCUT2D eigenvalue weighted by Crippen LogP contribution is 2.26. The van der Waals surface area contributed by atoms with Gasteiger partial charge in [0, 0.05) is 25.7 Å². The number of rotatable bonds is 6. The zero-order chi connectivity index (χ0) is 24.5. The summed E-state index contributed by atoms with van der Waals surface area (Å²) in [4.78, 5) is 46.2. The SMILES string of the molecule is CC(C)c1nc(SCC(=O)Nc2ccc(OC(F)(F)F)cc2)c2c(=O)n(C)c(=O)n(C)c2n1. The number of thioether (sulfide) groups is 1. The number of carbonyl (C=O) groups excluding carboxylic acids is 1. The van der Waals surface area contributed by atoms with Gasteiger partial charge in [0.1, 0.15) is 22.0 Å². The number of benzene rings is 1. The van der Waals surface area contributed by atoms with Crippen LogP contribution in [-0.4, -0.2) is 37.1 Å². The van der Waals surface area contributed by atoms with E-state index in [1.807, 2.05) is 13.8 Å². The lowest BCUT2D eigenvalue weighted by Gasteiger charge is -2.13. The van der Waals surface area contributed by atoms with Gasteiger partial charge in [-0.05, 0) is 24.3 Å². The van der Waals surface area contributed by atoms with Crippen molar-refractivity contribution in [2.45, 2.75) is 31.2 Å². The van der Waals surface area contributed by atoms with Crippen molar-refractivity contribution in [2.75, 3.05) is 11.1 Å². The summed E-state index contributed by atoms with van der Waals surface area (Å²) in [5.41, 5.74) is -0.673. The third-order valence-corrected chi connectivity index (χ3v) is 5.49. The highest BCUT2D eigenvalue weighted by atomic mass is 32.2. The zero-order valence-electron chi connectivity index (χ0n) is 18.1. The second-order valence-corrected chi connectivity index (χ2v) is 8.32. The van der Waals surface area contributed by atoms with Crippen LogP contribution in [0.4, 0.5) is 18.9 Å². The number of anilines is 1. The van der Waals surface area contributed by atoms with Crippen LogP contribution in [0.2, 0.25) is 0 Å². The molecule has 0 bridgehead atoms. The van der Waals surface area contributed by atoms with Crippen LogP contribution in [0.5, 0.6) is 5.75 Å². The Balaban J connectivity index is 1.84. The molecule has 1 N–H and O–H groups in total. The van der Waals surface area contributed by atoms with E-state index in [-0.39, 0.29) is 33.4 Å². The molecule has 2 aromatic heterocycles. The third-order valence-electron chi connectivity index (χ3n) is 4.51. The number of aromatic nitrogens is 4. The van der Waals surface area contributed by atoms with Gasteiger partial charge < -0.3 is 10.1 Å². The van der Waals surface area contributed by atoms with Crippen molar-refractivity contribution in [2.24, 2.45) is 14.1 Å². The maximum atomic E-state index is 12.7. The summed E-state index contributed by atoms with van der Waals surface area (Å²) in [5.74, 6) is -0.710. The van der Waals surface area contributed by atoms with E-state index in [0.717, 1.165) is 28.5 Å². The molecule has 13 heteroatoms. The van der Waals surface area contributed by atoms with Crippen LogP contribution in [0, 0.1) is 0 Å². The topological polar surface area (TPSA) is 108 Å². The van der Waals surface area contributed by atoms with Crippen LogP contribution in [0.25, 0.3) is 11.0 Å². The Hall–Kier alpha value is -3.35. The standard InChI is InChI=1S/C20H20F3N5O4S/c1-10(2)15-25-16-14(18(30)28(4)19(31)27(16)3)17(26-15)33-9-13(29)24-11-5-7-12(8-6-11)32-20(21,22)23/h5-8,10H,9H2,1-4H3,(H,24,29). The molecule has 33 heavy (non-hydrogen) atoms. The number of alkyl halides is 3. The number of carbonyl (C=O) groups is 1. The van der Waals surface area contributed by atoms with E-state index >= 15 is 0 Å². The lowest BCUT2D eigenvalue weighted by molar-refractivity contribution is -0.274. The van der Waals surface area contributed by atoms with Crippen molar-refractivity contribution in [3.05, 3.63) is 50.9 Å². The smallest absolute Gasteiger partial charge is 0.406 e. The summed E-state index contributed by atoms with van der Waals surface area (Å²) in [5, 5.41) is 2.93. The minimum Gasteiger partial charge on any atom is -0.406 e. The van der Waals surface area contributed by atoms with Gasteiger partial charge in [0.2, 0.25) is 5.91 Å². The van der Waals surface area contributed by atoms with Crippen LogP contribution in [0.3, 0.4) is 0 Å². The van der Waals surface area contributed by atoms with E-state index < -0.39 is 29.3 Å². The number of nitrogens with zero attached hydrogens (tertiary/aromatic N) is 4. The van der Waals surface area contributed by atoms with E-state index in [9.17, 15) is 27.6 Å². The molecule has 0 unspecified atom stereocenters. The molecule has 0 radical (unpaired) electrons. The molecule has 0 aliphatic heterocycles. The van der Waals surface area contributed by atoms with Gasteiger partial charge in [-0.2, -0.15) is 0 Å². The number of halogens is 3. The molecule has 0 aliphatic rings. The van der Waals surface area contributed by atoms with Crippen LogP contribution in [0.15, 0.2) is 38.9 Å². The highest BCUT2D eigenvalue weighted by molar-refractivity contribution is 8.00. The van der Waals surface area contributed by atoms with Crippen molar-refractivity contribution < 1.29 is 22.7 Å². The zero-order valence-corrected chi connectivity index (χ0v) is 18.9. The van der Waals surface area contributed by atoms with Gasteiger partial charge in [0.05, 0.1) is 5.75 Å². The van der Waals surface area contributed by atoms with E-state index in [4.69, 9.17) is 0 Å². The summed E-state index contributed by atoms with van der Waals surface area (Å²) in [6, 6.07) is 4.69. The molecule has 176 valence electrons. The normalized spacial score (nSPS) is 11.8. The van der Waals surface area contributed by atoms with Crippen molar-refractivity contribution >= 4 is 34.4 Å². The monoisotopic (exact) mass is 483 g/mol. The average molecular weight is 483 g/mol. The van der Waals surface area contributed by atoms with Crippen LogP contribution in [0.1, 0.15) is 25.6 Å². The van der Waals surface area contributed by atoms with Crippen molar-refractivity contribution in [1.82, 2.24) is 19.1 Å². The van der Waals surface area contributed by atoms with E-state index in [1.54, 1.807) is 0 Å². The first kappa shape index (κ1) is 24.3. The van der Waals surface area contributed by atoms with Gasteiger partial charge in [-0.25, -0.2) is 14.8 Å². The molecule has 0 fully saturated rings. The summed E-state index contributed by atoms with van der Waals surface area (Å²) in [7, 11) is 2.84. The molecule has 1 aromatic carbocycles. The van der Waals surface area contributed by atoms with Gasteiger partial charge in [-0.15, -0.1) is 13.2 Å². The number of aryl methyl sites for hydroxylation is 1. The number of hydrogen-bond acceptors (Lipinski definition) is 7. The predicted octanol–water partition coefficient (Wildman–Crippen LogP) is 2.78. The Morgan fingerprint density at radius 3 is 2.33 bits per heavy atom. The minimum atomic E-state index is -4.81. The number of fused-ring (bicyclic) bond motifs is 1. The maximum Gasteiger partial charge on any atom is 0.573 e. The molecular formula is C20H20F3N5O4S. The number of ether oxygens (including phenoxy) is 1. The first-order chi connectivity index (χ1) is 15.4. The second-order valence-electron chi connectivity index (χ2n) is 7.36. The van der Waals surface area contributed by atoms with Gasteiger partial charge >= 0.3 is 12.1 Å². The molecule has 1 amide bonds. The Labute approximate surface area is 189 Å². The lowest BCUT2D eigenvalue weighted by atomic mass is 10.2. The van der Waals surface area contributed by atoms with E-state index in [2.05, 4.69) is 20.0 Å². The van der Waals surface area contributed by atoms with Crippen molar-refractivity contribution in [3.63, 3.8) is 0 Å². The first-order valence-corrected chi connectivity index (χ1v) is 10.6. The molecule has 0 saturated carbocycles. The lowest BCUT2D eigenvalue weighted by Crippen LogP contribution is -2.38. The molecule has 0 aliphatic carbocycles. The summed E-state index contributed by atoms with van der Waals surface area (Å²) < 4.78 is 42.7. The van der Waals surface area contributed by atoms with E-state index in [0.29, 0.717) is 5.82 Å². The van der Waals surface area contributed by atoms with Crippen LogP contribution in [-0.2, 0) is 18.9 Å². The van der Waals surface area contributed by atoms with Gasteiger partial charge in [-0.3, -0.25) is 18.7 Å². The Morgan fingerprint density at radius 1 is 1.12 bits per heavy atom. The Bertz CT molecular complexity index is 1320. The molecule has 0 atom stereocenters. The quantitative estimate of drug-likeness (QED) is 0.424. The fraction of sp³-hybridized carbons (Fsp3) is 0.350. The van der Waals surface area contributed by atoms with Crippen LogP contribution < -0.4 is 21.3 Å². The van der Waals surface area contributed by atoms with Crippen LogP contribution >= 0.6 is 11.8 Å². The molecule has 9 nitrogen and oxygen atoms in total. The van der Waals surface area contributed by atoms with Gasteiger partial charge in [0.25, 0.3) is 5.56 Å². The highest BCUT2D eigenvalue weighted by Gasteiger charge is 2.31. The minimum absolute atomic E-state index is 0.0980. The number of nitrogens with one attached hydrogen (secondary N) is 1. The third kappa shape index (κ3) is 5.53. The van der Waals surface area contributed by atoms with Crippen molar-refractivity contribution in [1.29, 1.82) is 0 Å². The number of hydrogen-bond donors (Lipinski definition) is 1. The maximum absolute atomic E-state index is 12.7. The molecule has 3 rings (SSSR count). The average Bonchev–Trinajstić information content (AvgIpc) is 2.74. The summed E-state index contributed by atoms with van der Waals surface area (Å²) in [6.45, 7) is 3.71. The largest absolute Gasteiger partial charge is 0.573 e. The molecule has 0 spiro atoms. The molecule has 3 aromatic rings. The predicted molar refractivity (Wildman–Crippen MR) is 117 cm³/mol. The summed E-state index contributed by atoms with van der Waals surface area (Å²) in [6.07, 6.45) is -4.81. The Morgan fingerprint density at radius 2 is 1.76 bits per heavy atom. The Kier molecular flexibility index (Phi) is 6.81. The van der Waals surface area contributed by atoms with E-state index in [1.165, 1.54) is 30.8 Å². The van der Waals surface area contributed by atoms with Gasteiger partial charge in [0.15, 0.2) is 5.65 Å². The molecular weight excluding hydrogens is 463 g/mol. The second kappa shape index (κ2) is 9.25. The first-order valence-electron chi connectivity index (χ1n) is 9.63. The number of amides is 1. The fourth-order valence-corrected chi connectivity index (χ4v) is 3.70. The molecule has 2 heterocycles. The molecule has 0 saturated heterocycles. The summed E-state index contributed by atoms with van der Waals surface area (Å²) >= 11 is 0.992. The fourth-order valence-electron chi connectivity index (χ4n) is 2.88. The van der Waals surface area contributed by atoms with Gasteiger partial charge in [-0.1, -0.05) is 25.6 Å².